The fourth-order valence-corrected chi connectivity index (χ4v) is 4.26. The summed E-state index contributed by atoms with van der Waals surface area (Å²) < 4.78 is 42.0. The average molecular weight is 396 g/mol. The largest absolute Gasteiger partial charge is 0.439 e. The van der Waals surface area contributed by atoms with Gasteiger partial charge in [0.1, 0.15) is 0 Å². The first-order chi connectivity index (χ1) is 12.9. The van der Waals surface area contributed by atoms with Crippen LogP contribution in [0.15, 0.2) is 35.4 Å². The highest BCUT2D eigenvalue weighted by Gasteiger charge is 2.69. The van der Waals surface area contributed by atoms with E-state index < -0.39 is 23.7 Å². The van der Waals surface area contributed by atoms with Gasteiger partial charge in [0.2, 0.25) is 5.91 Å². The summed E-state index contributed by atoms with van der Waals surface area (Å²) in [4.78, 5) is 12.7. The van der Waals surface area contributed by atoms with Gasteiger partial charge in [0.05, 0.1) is 5.92 Å². The molecule has 0 aromatic heterocycles. The van der Waals surface area contributed by atoms with Gasteiger partial charge in [-0.2, -0.15) is 23.3 Å². The topological polar surface area (TPSA) is 52.9 Å². The van der Waals surface area contributed by atoms with Crippen molar-refractivity contribution in [2.24, 2.45) is 22.4 Å². The molecule has 28 heavy (non-hydrogen) atoms. The second-order valence-electron chi connectivity index (χ2n) is 8.90. The van der Waals surface area contributed by atoms with Crippen LogP contribution < -0.4 is 0 Å². The number of hydrazone groups is 1. The Kier molecular flexibility index (Phi) is 5.34. The molecule has 1 N–H and O–H groups in total. The number of hydrogen-bond donors (Lipinski definition) is 1. The highest BCUT2D eigenvalue weighted by molar-refractivity contribution is 5.93. The first kappa shape index (κ1) is 20.8. The number of rotatable bonds is 3. The number of amides is 1. The smallest absolute Gasteiger partial charge is 0.362 e. The van der Waals surface area contributed by atoms with Gasteiger partial charge in [0, 0.05) is 12.1 Å². The van der Waals surface area contributed by atoms with E-state index in [2.05, 4.69) is 5.10 Å². The van der Waals surface area contributed by atoms with Gasteiger partial charge in [-0.25, -0.2) is 0 Å². The van der Waals surface area contributed by atoms with Crippen molar-refractivity contribution in [3.05, 3.63) is 35.9 Å². The van der Waals surface area contributed by atoms with Crippen LogP contribution in [0.2, 0.25) is 0 Å². The Hall–Kier alpha value is -1.89. The van der Waals surface area contributed by atoms with E-state index in [-0.39, 0.29) is 29.9 Å². The maximum absolute atomic E-state index is 14.0. The van der Waals surface area contributed by atoms with E-state index in [4.69, 9.17) is 0 Å². The van der Waals surface area contributed by atoms with Crippen molar-refractivity contribution >= 4 is 11.6 Å². The van der Waals surface area contributed by atoms with Crippen LogP contribution in [0, 0.1) is 17.3 Å². The summed E-state index contributed by atoms with van der Waals surface area (Å²) in [6.07, 6.45) is -3.59. The molecule has 3 rings (SSSR count). The number of halogens is 3. The Labute approximate surface area is 163 Å². The molecule has 2 aliphatic rings. The molecule has 154 valence electrons. The highest BCUT2D eigenvalue weighted by atomic mass is 19.4. The van der Waals surface area contributed by atoms with Crippen molar-refractivity contribution in [2.45, 2.75) is 64.8 Å². The number of carbonyl (C=O) groups excluding carboxylic acids is 1. The maximum Gasteiger partial charge on any atom is 0.439 e. The SMILES string of the molecule is CC(C)(C)[C@@H]1CCC2=NN(C(=O)CCc3ccccc3)[C@@](O)(C(F)(F)F)[C@H]2C1. The Morgan fingerprint density at radius 1 is 1.25 bits per heavy atom. The lowest BCUT2D eigenvalue weighted by Gasteiger charge is -2.42. The van der Waals surface area contributed by atoms with Crippen molar-refractivity contribution in [3.63, 3.8) is 0 Å². The summed E-state index contributed by atoms with van der Waals surface area (Å²) in [5.74, 6) is -1.99. The summed E-state index contributed by atoms with van der Waals surface area (Å²) in [6, 6.07) is 9.07. The lowest BCUT2D eigenvalue weighted by molar-refractivity contribution is -0.318. The Morgan fingerprint density at radius 2 is 1.89 bits per heavy atom. The number of alkyl halides is 3. The van der Waals surface area contributed by atoms with Crippen molar-refractivity contribution in [1.29, 1.82) is 0 Å². The zero-order valence-corrected chi connectivity index (χ0v) is 16.5. The van der Waals surface area contributed by atoms with E-state index >= 15 is 0 Å². The number of benzene rings is 1. The predicted molar refractivity (Wildman–Crippen MR) is 100 cm³/mol. The van der Waals surface area contributed by atoms with Crippen LogP contribution in [0.3, 0.4) is 0 Å². The minimum absolute atomic E-state index is 0.0182. The maximum atomic E-state index is 14.0. The van der Waals surface area contributed by atoms with Gasteiger partial charge in [-0.15, -0.1) is 0 Å². The third kappa shape index (κ3) is 3.69. The van der Waals surface area contributed by atoms with Crippen LogP contribution in [0.4, 0.5) is 13.2 Å². The number of aliphatic hydroxyl groups is 1. The van der Waals surface area contributed by atoms with Crippen molar-refractivity contribution in [3.8, 4) is 0 Å². The molecule has 1 aromatic carbocycles. The van der Waals surface area contributed by atoms with Crippen molar-refractivity contribution in [1.82, 2.24) is 5.01 Å². The summed E-state index contributed by atoms with van der Waals surface area (Å²) in [7, 11) is 0. The van der Waals surface area contributed by atoms with E-state index in [9.17, 15) is 23.1 Å². The standard InChI is InChI=1S/C21H27F3N2O2/c1-19(2,3)15-10-11-17-16(13-15)20(28,21(22,23)24)26(25-17)18(27)12-9-14-7-5-4-6-8-14/h4-8,15-16,28H,9-13H2,1-3H3/t15-,16+,20+/m1/s1. The molecular formula is C21H27F3N2O2. The number of fused-ring (bicyclic) bond motifs is 1. The summed E-state index contributed by atoms with van der Waals surface area (Å²) in [5.41, 5.74) is -2.31. The molecule has 1 saturated carbocycles. The zero-order valence-electron chi connectivity index (χ0n) is 16.5. The molecule has 1 aromatic rings. The Morgan fingerprint density at radius 3 is 2.46 bits per heavy atom. The molecule has 0 unspecified atom stereocenters. The molecule has 1 aliphatic carbocycles. The van der Waals surface area contributed by atoms with Crippen LogP contribution in [-0.2, 0) is 11.2 Å². The number of nitrogens with zero attached hydrogens (tertiary/aromatic N) is 2. The average Bonchev–Trinajstić information content (AvgIpc) is 2.93. The molecule has 0 saturated heterocycles. The van der Waals surface area contributed by atoms with Gasteiger partial charge >= 0.3 is 6.18 Å². The van der Waals surface area contributed by atoms with Gasteiger partial charge in [-0.05, 0) is 42.6 Å². The predicted octanol–water partition coefficient (Wildman–Crippen LogP) is 4.53. The van der Waals surface area contributed by atoms with Crippen LogP contribution in [0.5, 0.6) is 0 Å². The molecular weight excluding hydrogens is 369 g/mol. The van der Waals surface area contributed by atoms with Crippen LogP contribution in [-0.4, -0.2) is 33.6 Å². The minimum Gasteiger partial charge on any atom is -0.362 e. The molecule has 4 nitrogen and oxygen atoms in total. The second kappa shape index (κ2) is 7.17. The molecule has 1 amide bonds. The molecule has 7 heteroatoms. The van der Waals surface area contributed by atoms with Crippen LogP contribution in [0.1, 0.15) is 52.0 Å². The molecule has 0 spiro atoms. The van der Waals surface area contributed by atoms with Gasteiger partial charge in [-0.3, -0.25) is 4.79 Å². The lowest BCUT2D eigenvalue weighted by Crippen LogP contribution is -2.62. The zero-order chi connectivity index (χ0) is 20.7. The van der Waals surface area contributed by atoms with Crippen molar-refractivity contribution < 1.29 is 23.1 Å². The van der Waals surface area contributed by atoms with E-state index in [0.717, 1.165) is 5.56 Å². The van der Waals surface area contributed by atoms with Gasteiger partial charge in [0.15, 0.2) is 0 Å². The minimum atomic E-state index is -4.98. The van der Waals surface area contributed by atoms with E-state index in [1.165, 1.54) is 0 Å². The monoisotopic (exact) mass is 396 g/mol. The van der Waals surface area contributed by atoms with Gasteiger partial charge in [-0.1, -0.05) is 51.1 Å². The quantitative estimate of drug-likeness (QED) is 0.816. The van der Waals surface area contributed by atoms with E-state index in [0.29, 0.717) is 24.3 Å². The fraction of sp³-hybridized carbons (Fsp3) is 0.619. The van der Waals surface area contributed by atoms with Gasteiger partial charge < -0.3 is 5.11 Å². The summed E-state index contributed by atoms with van der Waals surface area (Å²) >= 11 is 0. The summed E-state index contributed by atoms with van der Waals surface area (Å²) in [6.45, 7) is 5.97. The third-order valence-corrected chi connectivity index (χ3v) is 6.06. The Bertz CT molecular complexity index is 755. The van der Waals surface area contributed by atoms with E-state index in [1.807, 2.05) is 51.1 Å². The fourth-order valence-electron chi connectivity index (χ4n) is 4.26. The third-order valence-electron chi connectivity index (χ3n) is 6.06. The number of aryl methyl sites for hydroxylation is 1. The lowest BCUT2D eigenvalue weighted by atomic mass is 9.66. The first-order valence-electron chi connectivity index (χ1n) is 9.68. The van der Waals surface area contributed by atoms with Crippen LogP contribution >= 0.6 is 0 Å². The van der Waals surface area contributed by atoms with E-state index in [1.54, 1.807) is 0 Å². The molecule has 1 aliphatic heterocycles. The Balaban J connectivity index is 1.84. The molecule has 0 bridgehead atoms. The first-order valence-corrected chi connectivity index (χ1v) is 9.68. The van der Waals surface area contributed by atoms with Crippen LogP contribution in [0.25, 0.3) is 0 Å². The normalized spacial score (nSPS) is 28.1. The molecule has 1 fully saturated rings. The van der Waals surface area contributed by atoms with Crippen molar-refractivity contribution in [2.75, 3.05) is 0 Å². The molecule has 3 atom stereocenters. The summed E-state index contributed by atoms with van der Waals surface area (Å²) in [5, 5.41) is 15.1. The number of hydrogen-bond acceptors (Lipinski definition) is 3. The second-order valence-corrected chi connectivity index (χ2v) is 8.90. The van der Waals surface area contributed by atoms with Gasteiger partial charge in [0.25, 0.3) is 5.72 Å². The highest BCUT2D eigenvalue weighted by Crippen LogP contribution is 2.51. The number of carbonyl (C=O) groups is 1. The molecule has 1 heterocycles. The molecule has 0 radical (unpaired) electrons.